The maximum Gasteiger partial charge on any atom is 0.254 e. The van der Waals surface area contributed by atoms with Crippen molar-refractivity contribution in [2.75, 3.05) is 11.9 Å². The van der Waals surface area contributed by atoms with E-state index in [4.69, 9.17) is 11.6 Å². The lowest BCUT2D eigenvalue weighted by molar-refractivity contribution is 0.905. The number of fused-ring (bicyclic) bond motifs is 1. The number of nitrogens with zero attached hydrogens (tertiary/aromatic N) is 4. The zero-order chi connectivity index (χ0) is 14.8. The van der Waals surface area contributed by atoms with Crippen LogP contribution in [0.5, 0.6) is 0 Å². The molecule has 7 heteroatoms. The summed E-state index contributed by atoms with van der Waals surface area (Å²) >= 11 is 9.56. The van der Waals surface area contributed by atoms with E-state index in [0.717, 1.165) is 39.5 Å². The van der Waals surface area contributed by atoms with E-state index in [1.165, 1.54) is 6.33 Å². The van der Waals surface area contributed by atoms with Gasteiger partial charge in [-0.25, -0.2) is 4.98 Å². The van der Waals surface area contributed by atoms with Crippen LogP contribution in [0.3, 0.4) is 0 Å². The first-order valence-electron chi connectivity index (χ1n) is 6.48. The molecule has 0 fully saturated rings. The average Bonchev–Trinajstić information content (AvgIpc) is 2.90. The van der Waals surface area contributed by atoms with Gasteiger partial charge in [-0.3, -0.25) is 0 Å². The molecule has 0 saturated heterocycles. The van der Waals surface area contributed by atoms with Crippen molar-refractivity contribution in [2.45, 2.75) is 13.3 Å². The highest BCUT2D eigenvalue weighted by atomic mass is 79.9. The fourth-order valence-electron chi connectivity index (χ4n) is 2.12. The zero-order valence-electron chi connectivity index (χ0n) is 11.3. The van der Waals surface area contributed by atoms with E-state index in [2.05, 4.69) is 36.3 Å². The fourth-order valence-corrected chi connectivity index (χ4v) is 2.76. The lowest BCUT2D eigenvalue weighted by Crippen LogP contribution is -2.10. The smallest absolute Gasteiger partial charge is 0.254 e. The number of anilines is 1. The van der Waals surface area contributed by atoms with Gasteiger partial charge >= 0.3 is 0 Å². The molecule has 5 nitrogen and oxygen atoms in total. The first kappa shape index (κ1) is 14.3. The summed E-state index contributed by atoms with van der Waals surface area (Å²) in [4.78, 5) is 8.42. The summed E-state index contributed by atoms with van der Waals surface area (Å²) < 4.78 is 2.76. The molecule has 0 saturated carbocycles. The Kier molecular flexibility index (Phi) is 4.07. The molecule has 0 aliphatic carbocycles. The highest BCUT2D eigenvalue weighted by Crippen LogP contribution is 2.21. The molecule has 3 rings (SSSR count). The van der Waals surface area contributed by atoms with E-state index in [0.29, 0.717) is 5.78 Å². The summed E-state index contributed by atoms with van der Waals surface area (Å²) in [5.74, 6) is 1.48. The third-order valence-corrected chi connectivity index (χ3v) is 4.10. The van der Waals surface area contributed by atoms with Crippen molar-refractivity contribution in [3.05, 3.63) is 51.3 Å². The summed E-state index contributed by atoms with van der Waals surface area (Å²) in [6.45, 7) is 2.70. The summed E-state index contributed by atoms with van der Waals surface area (Å²) in [5, 5.41) is 8.28. The SMILES string of the molecule is Cc1cc(NCCc2cc(Cl)ccc2Br)n2ncnc2n1. The number of hydrogen-bond donors (Lipinski definition) is 1. The molecule has 0 radical (unpaired) electrons. The van der Waals surface area contributed by atoms with Crippen LogP contribution in [-0.2, 0) is 6.42 Å². The number of nitrogens with one attached hydrogen (secondary N) is 1. The molecular formula is C14H13BrClN5. The second kappa shape index (κ2) is 5.99. The van der Waals surface area contributed by atoms with Crippen molar-refractivity contribution in [1.29, 1.82) is 0 Å². The van der Waals surface area contributed by atoms with E-state index in [9.17, 15) is 0 Å². The minimum atomic E-state index is 0.599. The Bertz CT molecular complexity index is 786. The van der Waals surface area contributed by atoms with Crippen LogP contribution < -0.4 is 5.32 Å². The van der Waals surface area contributed by atoms with E-state index in [1.54, 1.807) is 4.52 Å². The van der Waals surface area contributed by atoms with Crippen LogP contribution in [0.15, 0.2) is 35.1 Å². The van der Waals surface area contributed by atoms with Crippen LogP contribution in [-0.4, -0.2) is 26.1 Å². The molecule has 0 bridgehead atoms. The zero-order valence-corrected chi connectivity index (χ0v) is 13.7. The predicted molar refractivity (Wildman–Crippen MR) is 86.9 cm³/mol. The van der Waals surface area contributed by atoms with Gasteiger partial charge in [-0.15, -0.1) is 0 Å². The molecular weight excluding hydrogens is 354 g/mol. The van der Waals surface area contributed by atoms with Crippen molar-refractivity contribution < 1.29 is 0 Å². The van der Waals surface area contributed by atoms with Crippen molar-refractivity contribution in [2.24, 2.45) is 0 Å². The van der Waals surface area contributed by atoms with Crippen LogP contribution in [0.4, 0.5) is 5.82 Å². The third kappa shape index (κ3) is 3.16. The van der Waals surface area contributed by atoms with E-state index in [-0.39, 0.29) is 0 Å². The van der Waals surface area contributed by atoms with Gasteiger partial charge in [0, 0.05) is 27.8 Å². The van der Waals surface area contributed by atoms with Gasteiger partial charge in [0.05, 0.1) is 0 Å². The molecule has 21 heavy (non-hydrogen) atoms. The Morgan fingerprint density at radius 1 is 1.33 bits per heavy atom. The quantitative estimate of drug-likeness (QED) is 0.768. The van der Waals surface area contributed by atoms with Crippen molar-refractivity contribution in [3.8, 4) is 0 Å². The molecule has 0 amide bonds. The summed E-state index contributed by atoms with van der Waals surface area (Å²) in [5.41, 5.74) is 2.07. The van der Waals surface area contributed by atoms with Gasteiger partial charge in [0.15, 0.2) is 0 Å². The van der Waals surface area contributed by atoms with Gasteiger partial charge in [0.25, 0.3) is 5.78 Å². The third-order valence-electron chi connectivity index (χ3n) is 3.09. The topological polar surface area (TPSA) is 55.1 Å². The normalized spacial score (nSPS) is 11.0. The van der Waals surface area contributed by atoms with Gasteiger partial charge in [-0.1, -0.05) is 27.5 Å². The Balaban J connectivity index is 1.75. The highest BCUT2D eigenvalue weighted by molar-refractivity contribution is 9.10. The van der Waals surface area contributed by atoms with Crippen LogP contribution >= 0.6 is 27.5 Å². The van der Waals surface area contributed by atoms with E-state index < -0.39 is 0 Å². The predicted octanol–water partition coefficient (Wildman–Crippen LogP) is 3.50. The molecule has 1 N–H and O–H groups in total. The highest BCUT2D eigenvalue weighted by Gasteiger charge is 2.06. The fraction of sp³-hybridized carbons (Fsp3) is 0.214. The number of benzene rings is 1. The molecule has 2 heterocycles. The summed E-state index contributed by atoms with van der Waals surface area (Å²) in [6.07, 6.45) is 2.35. The number of aryl methyl sites for hydroxylation is 1. The largest absolute Gasteiger partial charge is 0.370 e. The minimum absolute atomic E-state index is 0.599. The molecule has 0 spiro atoms. The van der Waals surface area contributed by atoms with Crippen LogP contribution in [0.1, 0.15) is 11.3 Å². The first-order chi connectivity index (χ1) is 10.1. The molecule has 0 aliphatic heterocycles. The summed E-state index contributed by atoms with van der Waals surface area (Å²) in [6, 6.07) is 7.75. The van der Waals surface area contributed by atoms with Gasteiger partial charge in [0.1, 0.15) is 12.1 Å². The number of hydrogen-bond acceptors (Lipinski definition) is 4. The summed E-state index contributed by atoms with van der Waals surface area (Å²) in [7, 11) is 0. The Hall–Kier alpha value is -1.66. The average molecular weight is 367 g/mol. The van der Waals surface area contributed by atoms with Crippen molar-refractivity contribution in [1.82, 2.24) is 19.6 Å². The second-order valence-electron chi connectivity index (χ2n) is 4.67. The van der Waals surface area contributed by atoms with E-state index >= 15 is 0 Å². The maximum absolute atomic E-state index is 6.03. The van der Waals surface area contributed by atoms with E-state index in [1.807, 2.05) is 31.2 Å². The van der Waals surface area contributed by atoms with Gasteiger partial charge in [-0.05, 0) is 37.1 Å². The van der Waals surface area contributed by atoms with Gasteiger partial charge in [-0.2, -0.15) is 14.6 Å². The van der Waals surface area contributed by atoms with Crippen LogP contribution in [0.25, 0.3) is 5.78 Å². The first-order valence-corrected chi connectivity index (χ1v) is 7.66. The standard InChI is InChI=1S/C14H13BrClN5/c1-9-6-13(21-14(20-9)18-8-19-21)17-5-4-10-7-11(16)2-3-12(10)15/h2-3,6-8,17H,4-5H2,1H3. The Morgan fingerprint density at radius 2 is 2.19 bits per heavy atom. The Labute approximate surface area is 135 Å². The lowest BCUT2D eigenvalue weighted by atomic mass is 10.1. The molecule has 1 aromatic carbocycles. The minimum Gasteiger partial charge on any atom is -0.370 e. The van der Waals surface area contributed by atoms with Gasteiger partial charge < -0.3 is 5.32 Å². The van der Waals surface area contributed by atoms with Crippen LogP contribution in [0, 0.1) is 6.92 Å². The monoisotopic (exact) mass is 365 g/mol. The van der Waals surface area contributed by atoms with Crippen LogP contribution in [0.2, 0.25) is 5.02 Å². The molecule has 3 aromatic rings. The lowest BCUT2D eigenvalue weighted by Gasteiger charge is -2.10. The number of aromatic nitrogens is 4. The Morgan fingerprint density at radius 3 is 3.05 bits per heavy atom. The molecule has 2 aromatic heterocycles. The number of rotatable bonds is 4. The molecule has 0 atom stereocenters. The maximum atomic E-state index is 6.03. The molecule has 0 unspecified atom stereocenters. The van der Waals surface area contributed by atoms with Gasteiger partial charge in [0.2, 0.25) is 0 Å². The van der Waals surface area contributed by atoms with Crippen molar-refractivity contribution >= 4 is 39.1 Å². The number of halogens is 2. The van der Waals surface area contributed by atoms with Crippen molar-refractivity contribution in [3.63, 3.8) is 0 Å². The molecule has 0 aliphatic rings. The second-order valence-corrected chi connectivity index (χ2v) is 5.96. The molecule has 108 valence electrons.